The summed E-state index contributed by atoms with van der Waals surface area (Å²) in [4.78, 5) is 4.79. The molecule has 21 heavy (non-hydrogen) atoms. The predicted octanol–water partition coefficient (Wildman–Crippen LogP) is 1.97. The summed E-state index contributed by atoms with van der Waals surface area (Å²) in [5, 5.41) is 9.45. The Labute approximate surface area is 128 Å². The third-order valence-electron chi connectivity index (χ3n) is 3.72. The van der Waals surface area contributed by atoms with Crippen molar-refractivity contribution >= 4 is 0 Å². The molecule has 1 aromatic carbocycles. The third kappa shape index (κ3) is 5.30. The van der Waals surface area contributed by atoms with Crippen LogP contribution in [0.15, 0.2) is 24.3 Å². The largest absolute Gasteiger partial charge is 0.491 e. The van der Waals surface area contributed by atoms with Crippen LogP contribution in [0.1, 0.15) is 26.3 Å². The Morgan fingerprint density at radius 2 is 1.67 bits per heavy atom. The zero-order valence-corrected chi connectivity index (χ0v) is 13.5. The van der Waals surface area contributed by atoms with Gasteiger partial charge in [-0.1, -0.05) is 18.2 Å². The van der Waals surface area contributed by atoms with Crippen molar-refractivity contribution in [3.8, 4) is 5.75 Å². The molecule has 2 rings (SSSR count). The van der Waals surface area contributed by atoms with Crippen molar-refractivity contribution in [2.75, 3.05) is 32.7 Å². The van der Waals surface area contributed by atoms with Crippen molar-refractivity contribution in [3.05, 3.63) is 29.8 Å². The van der Waals surface area contributed by atoms with Gasteiger partial charge in [0.15, 0.2) is 0 Å². The molecule has 118 valence electrons. The molecule has 4 nitrogen and oxygen atoms in total. The van der Waals surface area contributed by atoms with E-state index >= 15 is 0 Å². The maximum absolute atomic E-state index is 9.45. The Morgan fingerprint density at radius 1 is 1.05 bits per heavy atom. The molecule has 0 amide bonds. The minimum atomic E-state index is -0.239. The number of aliphatic hydroxyl groups is 1. The van der Waals surface area contributed by atoms with E-state index in [0.717, 1.165) is 45.0 Å². The van der Waals surface area contributed by atoms with Gasteiger partial charge in [0.1, 0.15) is 5.75 Å². The first-order valence-electron chi connectivity index (χ1n) is 7.92. The van der Waals surface area contributed by atoms with Crippen LogP contribution in [-0.2, 0) is 6.54 Å². The van der Waals surface area contributed by atoms with E-state index in [9.17, 15) is 5.11 Å². The van der Waals surface area contributed by atoms with Crippen LogP contribution in [0.25, 0.3) is 0 Å². The fourth-order valence-electron chi connectivity index (χ4n) is 2.75. The van der Waals surface area contributed by atoms with Crippen LogP contribution in [-0.4, -0.2) is 59.8 Å². The fourth-order valence-corrected chi connectivity index (χ4v) is 2.75. The molecule has 1 fully saturated rings. The van der Waals surface area contributed by atoms with Crippen molar-refractivity contribution in [2.45, 2.75) is 39.5 Å². The first-order valence-corrected chi connectivity index (χ1v) is 7.92. The number of rotatable bonds is 6. The normalized spacial score (nSPS) is 18.9. The topological polar surface area (TPSA) is 35.9 Å². The van der Waals surface area contributed by atoms with Gasteiger partial charge in [-0.3, -0.25) is 9.80 Å². The van der Waals surface area contributed by atoms with Gasteiger partial charge in [0.2, 0.25) is 0 Å². The van der Waals surface area contributed by atoms with Gasteiger partial charge in [-0.15, -0.1) is 0 Å². The molecular weight excluding hydrogens is 264 g/mol. The monoisotopic (exact) mass is 292 g/mol. The van der Waals surface area contributed by atoms with Crippen molar-refractivity contribution in [2.24, 2.45) is 0 Å². The average molecular weight is 292 g/mol. The molecule has 0 aliphatic carbocycles. The molecule has 0 radical (unpaired) electrons. The quantitative estimate of drug-likeness (QED) is 0.869. The third-order valence-corrected chi connectivity index (χ3v) is 3.72. The highest BCUT2D eigenvalue weighted by Gasteiger charge is 2.19. The van der Waals surface area contributed by atoms with E-state index in [4.69, 9.17) is 4.74 Å². The zero-order chi connectivity index (χ0) is 15.2. The van der Waals surface area contributed by atoms with Crippen molar-refractivity contribution in [1.29, 1.82) is 0 Å². The second-order valence-electron chi connectivity index (χ2n) is 6.20. The summed E-state index contributed by atoms with van der Waals surface area (Å²) in [6, 6.07) is 8.31. The minimum Gasteiger partial charge on any atom is -0.491 e. The standard InChI is InChI=1S/C17H28N2O2/c1-14(2)21-17-7-5-4-6-16(17)13-19-10-8-18(9-11-19)12-15(3)20/h4-7,14-15,20H,8-13H2,1-3H3. The number of para-hydroxylation sites is 1. The maximum Gasteiger partial charge on any atom is 0.124 e. The summed E-state index contributed by atoms with van der Waals surface area (Å²) in [6.07, 6.45) is -0.0363. The van der Waals surface area contributed by atoms with Crippen molar-refractivity contribution in [1.82, 2.24) is 9.80 Å². The van der Waals surface area contributed by atoms with E-state index in [0.29, 0.717) is 0 Å². The predicted molar refractivity (Wildman–Crippen MR) is 85.6 cm³/mol. The van der Waals surface area contributed by atoms with Gasteiger partial charge in [-0.25, -0.2) is 0 Å². The van der Waals surface area contributed by atoms with E-state index < -0.39 is 0 Å². The van der Waals surface area contributed by atoms with Crippen LogP contribution in [0, 0.1) is 0 Å². The maximum atomic E-state index is 9.45. The van der Waals surface area contributed by atoms with E-state index in [1.54, 1.807) is 0 Å². The van der Waals surface area contributed by atoms with E-state index in [-0.39, 0.29) is 12.2 Å². The minimum absolute atomic E-state index is 0.203. The molecule has 4 heteroatoms. The summed E-state index contributed by atoms with van der Waals surface area (Å²) in [5.41, 5.74) is 1.26. The van der Waals surface area contributed by atoms with E-state index in [1.807, 2.05) is 13.0 Å². The lowest BCUT2D eigenvalue weighted by Gasteiger charge is -2.35. The lowest BCUT2D eigenvalue weighted by molar-refractivity contribution is 0.0775. The highest BCUT2D eigenvalue weighted by Crippen LogP contribution is 2.21. The lowest BCUT2D eigenvalue weighted by atomic mass is 10.1. The number of hydrogen-bond acceptors (Lipinski definition) is 4. The van der Waals surface area contributed by atoms with Crippen LogP contribution >= 0.6 is 0 Å². The Morgan fingerprint density at radius 3 is 2.29 bits per heavy atom. The number of nitrogens with zero attached hydrogens (tertiary/aromatic N) is 2. The van der Waals surface area contributed by atoms with Crippen LogP contribution in [0.4, 0.5) is 0 Å². The van der Waals surface area contributed by atoms with Gasteiger partial charge in [0.05, 0.1) is 12.2 Å². The Bertz CT molecular complexity index is 427. The van der Waals surface area contributed by atoms with E-state index in [1.165, 1.54) is 5.56 Å². The van der Waals surface area contributed by atoms with Gasteiger partial charge in [0, 0.05) is 44.8 Å². The Hall–Kier alpha value is -1.10. The molecule has 0 saturated carbocycles. The summed E-state index contributed by atoms with van der Waals surface area (Å²) >= 11 is 0. The summed E-state index contributed by atoms with van der Waals surface area (Å²) < 4.78 is 5.89. The molecular formula is C17H28N2O2. The molecule has 0 spiro atoms. The van der Waals surface area contributed by atoms with Crippen LogP contribution in [0.2, 0.25) is 0 Å². The number of benzene rings is 1. The zero-order valence-electron chi connectivity index (χ0n) is 13.5. The Balaban J connectivity index is 1.89. The van der Waals surface area contributed by atoms with Gasteiger partial charge in [-0.05, 0) is 26.8 Å². The number of ether oxygens (including phenoxy) is 1. The number of β-amino-alcohol motifs (C(OH)–C–C–N with tert-alkyl or cyclic N) is 1. The van der Waals surface area contributed by atoms with Crippen LogP contribution < -0.4 is 4.74 Å². The summed E-state index contributed by atoms with van der Waals surface area (Å²) in [6.45, 7) is 11.8. The van der Waals surface area contributed by atoms with Gasteiger partial charge in [0.25, 0.3) is 0 Å². The van der Waals surface area contributed by atoms with Crippen molar-refractivity contribution in [3.63, 3.8) is 0 Å². The molecule has 1 atom stereocenters. The van der Waals surface area contributed by atoms with Crippen LogP contribution in [0.5, 0.6) is 5.75 Å². The summed E-state index contributed by atoms with van der Waals surface area (Å²) in [7, 11) is 0. The lowest BCUT2D eigenvalue weighted by Crippen LogP contribution is -2.47. The van der Waals surface area contributed by atoms with Gasteiger partial charge >= 0.3 is 0 Å². The molecule has 1 saturated heterocycles. The van der Waals surface area contributed by atoms with E-state index in [2.05, 4.69) is 41.8 Å². The fraction of sp³-hybridized carbons (Fsp3) is 0.647. The molecule has 1 aromatic rings. The molecule has 0 aromatic heterocycles. The average Bonchev–Trinajstić information content (AvgIpc) is 2.42. The molecule has 1 N–H and O–H groups in total. The molecule has 0 bridgehead atoms. The number of aliphatic hydroxyl groups excluding tert-OH is 1. The van der Waals surface area contributed by atoms with Crippen LogP contribution in [0.3, 0.4) is 0 Å². The number of piperazine rings is 1. The molecule has 1 unspecified atom stereocenters. The SMILES string of the molecule is CC(O)CN1CCN(Cc2ccccc2OC(C)C)CC1. The van der Waals surface area contributed by atoms with Gasteiger partial charge in [-0.2, -0.15) is 0 Å². The highest BCUT2D eigenvalue weighted by molar-refractivity contribution is 5.33. The highest BCUT2D eigenvalue weighted by atomic mass is 16.5. The number of hydrogen-bond donors (Lipinski definition) is 1. The molecule has 1 aliphatic heterocycles. The smallest absolute Gasteiger partial charge is 0.124 e. The van der Waals surface area contributed by atoms with Crippen molar-refractivity contribution < 1.29 is 9.84 Å². The second kappa shape index (κ2) is 7.78. The Kier molecular flexibility index (Phi) is 6.03. The first-order chi connectivity index (χ1) is 10.0. The molecule has 1 heterocycles. The molecule has 1 aliphatic rings. The second-order valence-corrected chi connectivity index (χ2v) is 6.20. The van der Waals surface area contributed by atoms with Gasteiger partial charge < -0.3 is 9.84 Å². The summed E-state index contributed by atoms with van der Waals surface area (Å²) in [5.74, 6) is 0.999. The first kappa shape index (κ1) is 16.3.